The van der Waals surface area contributed by atoms with Gasteiger partial charge in [-0.05, 0) is 23.3 Å². The van der Waals surface area contributed by atoms with Crippen LogP contribution in [-0.2, 0) is 36.7 Å². The summed E-state index contributed by atoms with van der Waals surface area (Å²) < 4.78 is 85.7. The maximum Gasteiger partial charge on any atom is 0.313 e. The SMILES string of the molecule is C.C.COC(=O)CC(=O)Cc1cc(F)c(F)cc1F.COC(=O)C[C@@H](O)Cc1cc(F)c(F)cc1F. The fraction of sp³-hybridized carbons (Fsp3) is 0.375. The van der Waals surface area contributed by atoms with Gasteiger partial charge >= 0.3 is 11.9 Å². The lowest BCUT2D eigenvalue weighted by molar-refractivity contribution is -0.144. The van der Waals surface area contributed by atoms with Gasteiger partial charge < -0.3 is 14.6 Å². The predicted octanol–water partition coefficient (Wildman–Crippen LogP) is 4.62. The Bertz CT molecular complexity index is 1040. The third-order valence-electron chi connectivity index (χ3n) is 4.22. The van der Waals surface area contributed by atoms with E-state index in [2.05, 4.69) is 9.47 Å². The first kappa shape index (κ1) is 34.8. The van der Waals surface area contributed by atoms with Gasteiger partial charge in [-0.25, -0.2) is 26.3 Å². The molecule has 36 heavy (non-hydrogen) atoms. The summed E-state index contributed by atoms with van der Waals surface area (Å²) in [7, 11) is 2.25. The predicted molar refractivity (Wildman–Crippen MR) is 118 cm³/mol. The molecule has 0 aliphatic carbocycles. The minimum absolute atomic E-state index is 0. The highest BCUT2D eigenvalue weighted by Crippen LogP contribution is 2.17. The number of methoxy groups -OCH3 is 2. The number of Topliss-reactive ketones (excluding diaryl/α,β-unsaturated/α-hetero) is 1. The van der Waals surface area contributed by atoms with Crippen molar-refractivity contribution in [2.45, 2.75) is 46.6 Å². The zero-order chi connectivity index (χ0) is 26.0. The lowest BCUT2D eigenvalue weighted by Crippen LogP contribution is -2.18. The molecule has 0 bridgehead atoms. The molecule has 12 heteroatoms. The number of ether oxygens (including phenoxy) is 2. The molecule has 2 rings (SSSR count). The van der Waals surface area contributed by atoms with E-state index in [0.717, 1.165) is 14.2 Å². The Hall–Kier alpha value is -3.41. The van der Waals surface area contributed by atoms with Crippen LogP contribution < -0.4 is 0 Å². The molecule has 0 aliphatic heterocycles. The van der Waals surface area contributed by atoms with Crippen LogP contribution >= 0.6 is 0 Å². The normalized spacial score (nSPS) is 10.6. The molecule has 0 aliphatic rings. The third kappa shape index (κ3) is 11.3. The molecule has 1 N–H and O–H groups in total. The molecular formula is C24H28F6O6. The Kier molecular flexibility index (Phi) is 15.7. The second kappa shape index (κ2) is 16.3. The van der Waals surface area contributed by atoms with Crippen LogP contribution in [0.4, 0.5) is 26.3 Å². The second-order valence-electron chi connectivity index (χ2n) is 6.82. The van der Waals surface area contributed by atoms with Crippen LogP contribution in [0.5, 0.6) is 0 Å². The summed E-state index contributed by atoms with van der Waals surface area (Å²) in [5, 5.41) is 9.41. The number of carbonyl (C=O) groups is 3. The standard InChI is InChI=1S/C11H11F3O3.C11H9F3O3.2CH4/c2*1-17-11(16)4-7(15)2-6-3-9(13)10(14)5-8(6)12;;/h3,5,7,15H,2,4H2,1H3;3,5H,2,4H2,1H3;2*1H4/t7-;;;/m0.../s1. The van der Waals surface area contributed by atoms with Crippen LogP contribution in [0.2, 0.25) is 0 Å². The third-order valence-corrected chi connectivity index (χ3v) is 4.22. The molecule has 202 valence electrons. The Morgan fingerprint density at radius 3 is 1.61 bits per heavy atom. The molecule has 0 heterocycles. The van der Waals surface area contributed by atoms with E-state index >= 15 is 0 Å². The monoisotopic (exact) mass is 526 g/mol. The van der Waals surface area contributed by atoms with Crippen molar-refractivity contribution in [3.05, 3.63) is 70.3 Å². The molecule has 1 atom stereocenters. The van der Waals surface area contributed by atoms with Gasteiger partial charge in [-0.1, -0.05) is 14.9 Å². The van der Waals surface area contributed by atoms with Crippen molar-refractivity contribution in [2.24, 2.45) is 0 Å². The molecule has 0 amide bonds. The number of benzene rings is 2. The van der Waals surface area contributed by atoms with E-state index in [9.17, 15) is 45.8 Å². The number of hydrogen-bond donors (Lipinski definition) is 1. The van der Waals surface area contributed by atoms with Crippen LogP contribution in [0.15, 0.2) is 24.3 Å². The van der Waals surface area contributed by atoms with Crippen LogP contribution in [0.1, 0.15) is 38.8 Å². The molecule has 2 aromatic rings. The van der Waals surface area contributed by atoms with E-state index in [-0.39, 0.29) is 38.8 Å². The van der Waals surface area contributed by atoms with Crippen molar-refractivity contribution in [1.29, 1.82) is 0 Å². The smallest absolute Gasteiger partial charge is 0.313 e. The Morgan fingerprint density at radius 2 is 1.14 bits per heavy atom. The zero-order valence-corrected chi connectivity index (χ0v) is 18.0. The maximum atomic E-state index is 13.2. The van der Waals surface area contributed by atoms with Gasteiger partial charge in [0.2, 0.25) is 0 Å². The number of halogens is 6. The van der Waals surface area contributed by atoms with Gasteiger partial charge in [-0.2, -0.15) is 0 Å². The van der Waals surface area contributed by atoms with Crippen molar-refractivity contribution < 1.29 is 55.3 Å². The zero-order valence-electron chi connectivity index (χ0n) is 18.0. The molecule has 6 nitrogen and oxygen atoms in total. The fourth-order valence-electron chi connectivity index (χ4n) is 2.53. The number of rotatable bonds is 8. The van der Waals surface area contributed by atoms with Crippen LogP contribution in [0.25, 0.3) is 0 Å². The highest BCUT2D eigenvalue weighted by molar-refractivity contribution is 5.96. The molecule has 0 radical (unpaired) electrons. The summed E-state index contributed by atoms with van der Waals surface area (Å²) in [5.74, 6) is -9.13. The molecule has 0 fully saturated rings. The van der Waals surface area contributed by atoms with Gasteiger partial charge in [0.05, 0.1) is 26.7 Å². The number of hydrogen-bond acceptors (Lipinski definition) is 6. The summed E-state index contributed by atoms with van der Waals surface area (Å²) >= 11 is 0. The summed E-state index contributed by atoms with van der Waals surface area (Å²) in [4.78, 5) is 32.8. The Morgan fingerprint density at radius 1 is 0.722 bits per heavy atom. The van der Waals surface area contributed by atoms with Crippen molar-refractivity contribution in [2.75, 3.05) is 14.2 Å². The summed E-state index contributed by atoms with van der Waals surface area (Å²) in [6.45, 7) is 0. The van der Waals surface area contributed by atoms with Gasteiger partial charge in [-0.15, -0.1) is 0 Å². The summed E-state index contributed by atoms with van der Waals surface area (Å²) in [5.41, 5.74) is -0.488. The number of esters is 2. The first-order valence-corrected chi connectivity index (χ1v) is 9.48. The minimum atomic E-state index is -1.33. The van der Waals surface area contributed by atoms with Gasteiger partial charge in [0.15, 0.2) is 23.3 Å². The molecular weight excluding hydrogens is 498 g/mol. The molecule has 2 aromatic carbocycles. The number of aliphatic hydroxyl groups is 1. The Balaban J connectivity index is 0. The topological polar surface area (TPSA) is 89.9 Å². The number of aliphatic hydroxyl groups excluding tert-OH is 1. The molecule has 0 unspecified atom stereocenters. The first-order valence-electron chi connectivity index (χ1n) is 9.48. The van der Waals surface area contributed by atoms with E-state index in [4.69, 9.17) is 0 Å². The lowest BCUT2D eigenvalue weighted by atomic mass is 10.0. The average molecular weight is 526 g/mol. The van der Waals surface area contributed by atoms with Crippen molar-refractivity contribution in [3.8, 4) is 0 Å². The minimum Gasteiger partial charge on any atom is -0.469 e. The molecule has 0 spiro atoms. The van der Waals surface area contributed by atoms with E-state index in [1.54, 1.807) is 0 Å². The molecule has 0 saturated heterocycles. The largest absolute Gasteiger partial charge is 0.469 e. The van der Waals surface area contributed by atoms with E-state index in [1.807, 2.05) is 0 Å². The summed E-state index contributed by atoms with van der Waals surface area (Å²) in [6.07, 6.45) is -2.86. The quantitative estimate of drug-likeness (QED) is 0.234. The van der Waals surface area contributed by atoms with Crippen LogP contribution in [-0.4, -0.2) is 43.2 Å². The van der Waals surface area contributed by atoms with Crippen LogP contribution in [0, 0.1) is 34.9 Å². The number of carbonyl (C=O) groups excluding carboxylic acids is 3. The van der Waals surface area contributed by atoms with Gasteiger partial charge in [0, 0.05) is 25.0 Å². The van der Waals surface area contributed by atoms with Crippen LogP contribution in [0.3, 0.4) is 0 Å². The highest BCUT2D eigenvalue weighted by Gasteiger charge is 2.17. The van der Waals surface area contributed by atoms with Gasteiger partial charge in [-0.3, -0.25) is 14.4 Å². The van der Waals surface area contributed by atoms with Crippen molar-refractivity contribution in [3.63, 3.8) is 0 Å². The summed E-state index contributed by atoms with van der Waals surface area (Å²) in [6, 6.07) is 2.01. The van der Waals surface area contributed by atoms with Gasteiger partial charge in [0.25, 0.3) is 0 Å². The molecule has 0 aromatic heterocycles. The second-order valence-corrected chi connectivity index (χ2v) is 6.82. The maximum absolute atomic E-state index is 13.2. The van der Waals surface area contributed by atoms with E-state index < -0.39 is 71.6 Å². The van der Waals surface area contributed by atoms with E-state index in [0.29, 0.717) is 24.3 Å². The highest BCUT2D eigenvalue weighted by atomic mass is 19.2. The molecule has 0 saturated carbocycles. The van der Waals surface area contributed by atoms with Crippen molar-refractivity contribution in [1.82, 2.24) is 0 Å². The number of ketones is 1. The fourth-order valence-corrected chi connectivity index (χ4v) is 2.53. The van der Waals surface area contributed by atoms with Crippen molar-refractivity contribution >= 4 is 17.7 Å². The van der Waals surface area contributed by atoms with Gasteiger partial charge in [0.1, 0.15) is 23.8 Å². The first-order chi connectivity index (χ1) is 15.9. The van der Waals surface area contributed by atoms with E-state index in [1.165, 1.54) is 0 Å². The average Bonchev–Trinajstić information content (AvgIpc) is 2.75. The Labute approximate surface area is 204 Å². The lowest BCUT2D eigenvalue weighted by Gasteiger charge is -2.10.